The zero-order valence-electron chi connectivity index (χ0n) is 6.59. The largest absolute Gasteiger partial charge is 0.385 e. The highest BCUT2D eigenvalue weighted by Crippen LogP contribution is 2.40. The van der Waals surface area contributed by atoms with Gasteiger partial charge in [0.05, 0.1) is 11.5 Å². The first kappa shape index (κ1) is 8.22. The summed E-state index contributed by atoms with van der Waals surface area (Å²) in [4.78, 5) is 10.6. The Bertz CT molecular complexity index is 197. The van der Waals surface area contributed by atoms with Gasteiger partial charge < -0.3 is 4.74 Å². The predicted molar refractivity (Wildman–Crippen MR) is 38.8 cm³/mol. The SMILES string of the molecule is COCCC1(C#N)CC(=O)C1. The third-order valence-corrected chi connectivity index (χ3v) is 2.09. The van der Waals surface area contributed by atoms with Gasteiger partial charge in [-0.3, -0.25) is 4.79 Å². The molecule has 1 rings (SSSR count). The van der Waals surface area contributed by atoms with Gasteiger partial charge in [-0.25, -0.2) is 0 Å². The van der Waals surface area contributed by atoms with Crippen molar-refractivity contribution in [2.75, 3.05) is 13.7 Å². The maximum atomic E-state index is 10.6. The van der Waals surface area contributed by atoms with Crippen molar-refractivity contribution >= 4 is 5.78 Å². The molecule has 60 valence electrons. The van der Waals surface area contributed by atoms with E-state index in [2.05, 4.69) is 6.07 Å². The lowest BCUT2D eigenvalue weighted by Gasteiger charge is -2.33. The zero-order valence-corrected chi connectivity index (χ0v) is 6.59. The van der Waals surface area contributed by atoms with Crippen molar-refractivity contribution in [3.63, 3.8) is 0 Å². The molecule has 0 heterocycles. The van der Waals surface area contributed by atoms with E-state index in [4.69, 9.17) is 10.00 Å². The quantitative estimate of drug-likeness (QED) is 0.605. The van der Waals surface area contributed by atoms with Crippen LogP contribution in [0.1, 0.15) is 19.3 Å². The van der Waals surface area contributed by atoms with Crippen LogP contribution in [-0.2, 0) is 9.53 Å². The molecule has 3 nitrogen and oxygen atoms in total. The molecule has 0 spiro atoms. The van der Waals surface area contributed by atoms with Crippen LogP contribution in [0.5, 0.6) is 0 Å². The fourth-order valence-electron chi connectivity index (χ4n) is 1.31. The van der Waals surface area contributed by atoms with Crippen LogP contribution in [0.3, 0.4) is 0 Å². The fourth-order valence-corrected chi connectivity index (χ4v) is 1.31. The normalized spacial score (nSPS) is 20.5. The summed E-state index contributed by atoms with van der Waals surface area (Å²) in [6.07, 6.45) is 1.53. The average molecular weight is 153 g/mol. The summed E-state index contributed by atoms with van der Waals surface area (Å²) < 4.78 is 4.85. The summed E-state index contributed by atoms with van der Waals surface area (Å²) in [5.74, 6) is 0.197. The Morgan fingerprint density at radius 2 is 2.36 bits per heavy atom. The van der Waals surface area contributed by atoms with E-state index in [0.29, 0.717) is 25.9 Å². The Morgan fingerprint density at radius 3 is 2.73 bits per heavy atom. The van der Waals surface area contributed by atoms with Crippen molar-refractivity contribution in [2.24, 2.45) is 5.41 Å². The minimum absolute atomic E-state index is 0.197. The molecule has 0 saturated heterocycles. The van der Waals surface area contributed by atoms with Gasteiger partial charge in [-0.05, 0) is 6.42 Å². The van der Waals surface area contributed by atoms with E-state index in [-0.39, 0.29) is 11.2 Å². The Hall–Kier alpha value is -0.880. The van der Waals surface area contributed by atoms with E-state index in [1.165, 1.54) is 0 Å². The second kappa shape index (κ2) is 3.02. The number of carbonyl (C=O) groups excluding carboxylic acids is 1. The molecule has 1 aliphatic rings. The molecule has 0 aromatic carbocycles. The number of carbonyl (C=O) groups is 1. The van der Waals surface area contributed by atoms with Gasteiger partial charge in [0.25, 0.3) is 0 Å². The van der Waals surface area contributed by atoms with Gasteiger partial charge >= 0.3 is 0 Å². The summed E-state index contributed by atoms with van der Waals surface area (Å²) in [6, 6.07) is 2.18. The van der Waals surface area contributed by atoms with Crippen molar-refractivity contribution in [2.45, 2.75) is 19.3 Å². The van der Waals surface area contributed by atoms with E-state index in [0.717, 1.165) is 0 Å². The summed E-state index contributed by atoms with van der Waals surface area (Å²) in [5.41, 5.74) is -0.382. The monoisotopic (exact) mass is 153 g/mol. The van der Waals surface area contributed by atoms with Gasteiger partial charge in [0.2, 0.25) is 0 Å². The van der Waals surface area contributed by atoms with Gasteiger partial charge in [-0.1, -0.05) is 0 Å². The number of Topliss-reactive ketones (excluding diaryl/α,β-unsaturated/α-hetero) is 1. The molecule has 1 fully saturated rings. The molecule has 3 heteroatoms. The van der Waals surface area contributed by atoms with E-state index < -0.39 is 0 Å². The summed E-state index contributed by atoms with van der Waals surface area (Å²) in [7, 11) is 1.60. The van der Waals surface area contributed by atoms with Crippen molar-refractivity contribution in [1.29, 1.82) is 5.26 Å². The molecule has 0 radical (unpaired) electrons. The van der Waals surface area contributed by atoms with Crippen LogP contribution >= 0.6 is 0 Å². The maximum Gasteiger partial charge on any atom is 0.136 e. The van der Waals surface area contributed by atoms with Gasteiger partial charge in [-0.15, -0.1) is 0 Å². The number of methoxy groups -OCH3 is 1. The molecule has 0 unspecified atom stereocenters. The molecular weight excluding hydrogens is 142 g/mol. The molecule has 0 aromatic heterocycles. The van der Waals surface area contributed by atoms with E-state index in [9.17, 15) is 4.79 Å². The molecule has 0 atom stereocenters. The minimum atomic E-state index is -0.382. The number of nitriles is 1. The van der Waals surface area contributed by atoms with Crippen LogP contribution in [0.4, 0.5) is 0 Å². The first-order chi connectivity index (χ1) is 5.22. The number of ketones is 1. The number of hydrogen-bond donors (Lipinski definition) is 0. The van der Waals surface area contributed by atoms with Gasteiger partial charge in [0, 0.05) is 26.6 Å². The van der Waals surface area contributed by atoms with Crippen molar-refractivity contribution in [3.05, 3.63) is 0 Å². The summed E-state index contributed by atoms with van der Waals surface area (Å²) >= 11 is 0. The first-order valence-corrected chi connectivity index (χ1v) is 3.64. The van der Waals surface area contributed by atoms with Gasteiger partial charge in [0.15, 0.2) is 0 Å². The third kappa shape index (κ3) is 1.58. The van der Waals surface area contributed by atoms with Crippen LogP contribution in [-0.4, -0.2) is 19.5 Å². The molecule has 1 saturated carbocycles. The van der Waals surface area contributed by atoms with Gasteiger partial charge in [-0.2, -0.15) is 5.26 Å². The molecular formula is C8H11NO2. The lowest BCUT2D eigenvalue weighted by molar-refractivity contribution is -0.130. The first-order valence-electron chi connectivity index (χ1n) is 3.64. The maximum absolute atomic E-state index is 10.6. The van der Waals surface area contributed by atoms with Crippen LogP contribution in [0, 0.1) is 16.7 Å². The second-order valence-corrected chi connectivity index (χ2v) is 3.03. The third-order valence-electron chi connectivity index (χ3n) is 2.09. The average Bonchev–Trinajstić information content (AvgIpc) is 1.96. The lowest BCUT2D eigenvalue weighted by atomic mass is 9.67. The van der Waals surface area contributed by atoms with Crippen molar-refractivity contribution < 1.29 is 9.53 Å². The van der Waals surface area contributed by atoms with Crippen LogP contribution in [0.2, 0.25) is 0 Å². The number of hydrogen-bond acceptors (Lipinski definition) is 3. The molecule has 0 bridgehead atoms. The van der Waals surface area contributed by atoms with E-state index in [1.807, 2.05) is 0 Å². The highest BCUT2D eigenvalue weighted by atomic mass is 16.5. The topological polar surface area (TPSA) is 50.1 Å². The smallest absolute Gasteiger partial charge is 0.136 e. The highest BCUT2D eigenvalue weighted by molar-refractivity contribution is 5.87. The van der Waals surface area contributed by atoms with E-state index in [1.54, 1.807) is 7.11 Å². The summed E-state index contributed by atoms with van der Waals surface area (Å²) in [6.45, 7) is 0.570. The molecule has 0 N–H and O–H groups in total. The van der Waals surface area contributed by atoms with Crippen molar-refractivity contribution in [1.82, 2.24) is 0 Å². The highest BCUT2D eigenvalue weighted by Gasteiger charge is 2.43. The fraction of sp³-hybridized carbons (Fsp3) is 0.750. The summed E-state index contributed by atoms with van der Waals surface area (Å²) in [5, 5.41) is 8.72. The lowest BCUT2D eigenvalue weighted by Crippen LogP contribution is -2.37. The Morgan fingerprint density at radius 1 is 1.73 bits per heavy atom. The van der Waals surface area contributed by atoms with E-state index >= 15 is 0 Å². The molecule has 1 aliphatic carbocycles. The van der Waals surface area contributed by atoms with Crippen molar-refractivity contribution in [3.8, 4) is 6.07 Å². The minimum Gasteiger partial charge on any atom is -0.385 e. The molecule has 0 amide bonds. The van der Waals surface area contributed by atoms with Crippen LogP contribution < -0.4 is 0 Å². The Kier molecular flexibility index (Phi) is 2.25. The number of nitrogens with zero attached hydrogens (tertiary/aromatic N) is 1. The Balaban J connectivity index is 2.39. The molecule has 11 heavy (non-hydrogen) atoms. The molecule has 0 aliphatic heterocycles. The van der Waals surface area contributed by atoms with Crippen LogP contribution in [0.25, 0.3) is 0 Å². The standard InChI is InChI=1S/C8H11NO2/c1-11-3-2-8(6-9)4-7(10)5-8/h2-5H2,1H3. The van der Waals surface area contributed by atoms with Crippen LogP contribution in [0.15, 0.2) is 0 Å². The van der Waals surface area contributed by atoms with Gasteiger partial charge in [0.1, 0.15) is 5.78 Å². The number of rotatable bonds is 3. The molecule has 0 aromatic rings. The second-order valence-electron chi connectivity index (χ2n) is 3.03. The zero-order chi connectivity index (χ0) is 8.32. The Labute approximate surface area is 66.0 Å². The number of ether oxygens (including phenoxy) is 1. The predicted octanol–water partition coefficient (Wildman–Crippen LogP) is 0.896.